The van der Waals surface area contributed by atoms with Crippen molar-refractivity contribution in [3.63, 3.8) is 0 Å². The summed E-state index contributed by atoms with van der Waals surface area (Å²) < 4.78 is 5.76. The Balaban J connectivity index is 1.77. The van der Waals surface area contributed by atoms with Gasteiger partial charge in [0.05, 0.1) is 23.2 Å². The number of halogens is 1. The predicted molar refractivity (Wildman–Crippen MR) is 101 cm³/mol. The van der Waals surface area contributed by atoms with Gasteiger partial charge in [0.2, 0.25) is 5.95 Å². The number of para-hydroxylation sites is 2. The number of aromatic nitrogens is 2. The second-order valence-electron chi connectivity index (χ2n) is 5.75. The molecule has 0 saturated heterocycles. The second-order valence-corrected chi connectivity index (χ2v) is 6.19. The summed E-state index contributed by atoms with van der Waals surface area (Å²) in [6, 6.07) is 12.6. The van der Waals surface area contributed by atoms with Gasteiger partial charge >= 0.3 is 0 Å². The number of hydrogen-bond donors (Lipinski definition) is 2. The van der Waals surface area contributed by atoms with Crippen molar-refractivity contribution in [1.29, 1.82) is 0 Å². The summed E-state index contributed by atoms with van der Waals surface area (Å²) in [7, 11) is 0. The van der Waals surface area contributed by atoms with Crippen molar-refractivity contribution in [3.8, 4) is 5.75 Å². The number of unbranched alkanes of at least 4 members (excludes halogenated alkanes) is 2. The van der Waals surface area contributed by atoms with Crippen LogP contribution >= 0.6 is 11.6 Å². The average Bonchev–Trinajstić information content (AvgIpc) is 3.02. The Morgan fingerprint density at radius 1 is 1.24 bits per heavy atom. The Kier molecular flexibility index (Phi) is 5.56. The average molecular weight is 358 g/mol. The first-order valence-electron chi connectivity index (χ1n) is 8.36. The molecule has 1 amide bonds. The molecule has 25 heavy (non-hydrogen) atoms. The fourth-order valence-electron chi connectivity index (χ4n) is 2.53. The van der Waals surface area contributed by atoms with Crippen LogP contribution in [0, 0.1) is 0 Å². The Labute approximate surface area is 151 Å². The van der Waals surface area contributed by atoms with E-state index in [0.29, 0.717) is 28.9 Å². The molecular formula is C19H20ClN3O2. The maximum Gasteiger partial charge on any atom is 0.261 e. The van der Waals surface area contributed by atoms with Gasteiger partial charge < -0.3 is 9.72 Å². The van der Waals surface area contributed by atoms with Crippen LogP contribution in [0.4, 0.5) is 5.95 Å². The van der Waals surface area contributed by atoms with Gasteiger partial charge in [0.1, 0.15) is 5.75 Å². The molecule has 0 radical (unpaired) electrons. The molecule has 0 spiro atoms. The van der Waals surface area contributed by atoms with E-state index in [2.05, 4.69) is 22.2 Å². The highest BCUT2D eigenvalue weighted by Gasteiger charge is 2.15. The maximum atomic E-state index is 12.6. The van der Waals surface area contributed by atoms with Gasteiger partial charge in [-0.25, -0.2) is 4.98 Å². The maximum absolute atomic E-state index is 12.6. The fourth-order valence-corrected chi connectivity index (χ4v) is 2.70. The molecule has 2 aromatic carbocycles. The second kappa shape index (κ2) is 8.03. The minimum Gasteiger partial charge on any atom is -0.493 e. The normalized spacial score (nSPS) is 10.8. The van der Waals surface area contributed by atoms with Crippen LogP contribution in [-0.4, -0.2) is 22.5 Å². The summed E-state index contributed by atoms with van der Waals surface area (Å²) in [4.78, 5) is 20.1. The number of fused-ring (bicyclic) bond motifs is 1. The van der Waals surface area contributed by atoms with Crippen LogP contribution < -0.4 is 10.1 Å². The zero-order valence-electron chi connectivity index (χ0n) is 14.0. The number of aromatic amines is 1. The van der Waals surface area contributed by atoms with Crippen molar-refractivity contribution in [2.45, 2.75) is 26.2 Å². The van der Waals surface area contributed by atoms with E-state index in [1.54, 1.807) is 18.2 Å². The van der Waals surface area contributed by atoms with Crippen molar-refractivity contribution >= 4 is 34.5 Å². The molecule has 0 aliphatic rings. The van der Waals surface area contributed by atoms with Crippen molar-refractivity contribution in [1.82, 2.24) is 9.97 Å². The van der Waals surface area contributed by atoms with Gasteiger partial charge in [0, 0.05) is 5.02 Å². The first kappa shape index (κ1) is 17.3. The van der Waals surface area contributed by atoms with E-state index in [4.69, 9.17) is 16.3 Å². The van der Waals surface area contributed by atoms with Crippen molar-refractivity contribution < 1.29 is 9.53 Å². The van der Waals surface area contributed by atoms with Crippen LogP contribution in [0.1, 0.15) is 36.5 Å². The number of carbonyl (C=O) groups excluding carboxylic acids is 1. The predicted octanol–water partition coefficient (Wildman–Crippen LogP) is 5.04. The summed E-state index contributed by atoms with van der Waals surface area (Å²) in [5, 5.41) is 3.25. The largest absolute Gasteiger partial charge is 0.493 e. The SMILES string of the molecule is CCCCCOc1ccc(Cl)cc1C(=O)Nc1nc2ccccc2[nH]1. The van der Waals surface area contributed by atoms with Crippen LogP contribution in [0.3, 0.4) is 0 Å². The number of amides is 1. The molecule has 0 bridgehead atoms. The van der Waals surface area contributed by atoms with Gasteiger partial charge in [-0.05, 0) is 36.8 Å². The molecule has 2 N–H and O–H groups in total. The number of rotatable bonds is 7. The number of H-pyrrole nitrogens is 1. The van der Waals surface area contributed by atoms with Gasteiger partial charge in [0.25, 0.3) is 5.91 Å². The zero-order valence-corrected chi connectivity index (χ0v) is 14.8. The summed E-state index contributed by atoms with van der Waals surface area (Å²) in [5.74, 6) is 0.601. The van der Waals surface area contributed by atoms with Crippen LogP contribution in [-0.2, 0) is 0 Å². The van der Waals surface area contributed by atoms with Crippen molar-refractivity contribution in [2.24, 2.45) is 0 Å². The molecular weight excluding hydrogens is 338 g/mol. The zero-order chi connectivity index (χ0) is 17.6. The molecule has 3 rings (SSSR count). The lowest BCUT2D eigenvalue weighted by Gasteiger charge is -2.11. The minimum atomic E-state index is -0.313. The number of nitrogens with one attached hydrogen (secondary N) is 2. The molecule has 0 fully saturated rings. The first-order chi connectivity index (χ1) is 12.2. The van der Waals surface area contributed by atoms with E-state index in [-0.39, 0.29) is 5.91 Å². The van der Waals surface area contributed by atoms with E-state index in [9.17, 15) is 4.79 Å². The lowest BCUT2D eigenvalue weighted by atomic mass is 10.2. The highest BCUT2D eigenvalue weighted by molar-refractivity contribution is 6.31. The monoisotopic (exact) mass is 357 g/mol. The van der Waals surface area contributed by atoms with E-state index in [1.807, 2.05) is 24.3 Å². The van der Waals surface area contributed by atoms with Crippen LogP contribution in [0.25, 0.3) is 11.0 Å². The third kappa shape index (κ3) is 4.31. The van der Waals surface area contributed by atoms with Crippen LogP contribution in [0.2, 0.25) is 5.02 Å². The topological polar surface area (TPSA) is 67.0 Å². The van der Waals surface area contributed by atoms with Crippen LogP contribution in [0.5, 0.6) is 5.75 Å². The van der Waals surface area contributed by atoms with Gasteiger partial charge in [-0.3, -0.25) is 10.1 Å². The smallest absolute Gasteiger partial charge is 0.261 e. The molecule has 6 heteroatoms. The Morgan fingerprint density at radius 3 is 2.88 bits per heavy atom. The quantitative estimate of drug-likeness (QED) is 0.582. The molecule has 0 aliphatic carbocycles. The number of nitrogens with zero attached hydrogens (tertiary/aromatic N) is 1. The minimum absolute atomic E-state index is 0.313. The first-order valence-corrected chi connectivity index (χ1v) is 8.73. The molecule has 130 valence electrons. The van der Waals surface area contributed by atoms with Gasteiger partial charge in [-0.15, -0.1) is 0 Å². The molecule has 1 aromatic heterocycles. The van der Waals surface area contributed by atoms with E-state index in [1.165, 1.54) is 0 Å². The molecule has 0 atom stereocenters. The number of anilines is 1. The lowest BCUT2D eigenvalue weighted by molar-refractivity contribution is 0.102. The van der Waals surface area contributed by atoms with Gasteiger partial charge in [-0.1, -0.05) is 43.5 Å². The standard InChI is InChI=1S/C19H20ClN3O2/c1-2-3-6-11-25-17-10-9-13(20)12-14(17)18(24)23-19-21-15-7-4-5-8-16(15)22-19/h4-5,7-10,12H,2-3,6,11H2,1H3,(H2,21,22,23,24). The number of carbonyl (C=O) groups is 1. The highest BCUT2D eigenvalue weighted by Crippen LogP contribution is 2.24. The summed E-state index contributed by atoms with van der Waals surface area (Å²) in [5.41, 5.74) is 2.05. The Morgan fingerprint density at radius 2 is 2.08 bits per heavy atom. The summed E-state index contributed by atoms with van der Waals surface area (Å²) in [6.07, 6.45) is 3.15. The molecule has 3 aromatic rings. The van der Waals surface area contributed by atoms with Crippen molar-refractivity contribution in [3.05, 3.63) is 53.1 Å². The summed E-state index contributed by atoms with van der Waals surface area (Å²) >= 11 is 6.05. The molecule has 5 nitrogen and oxygen atoms in total. The molecule has 0 unspecified atom stereocenters. The van der Waals surface area contributed by atoms with Crippen molar-refractivity contribution in [2.75, 3.05) is 11.9 Å². The molecule has 0 saturated carbocycles. The third-order valence-electron chi connectivity index (χ3n) is 3.81. The third-order valence-corrected chi connectivity index (χ3v) is 4.05. The number of ether oxygens (including phenoxy) is 1. The van der Waals surface area contributed by atoms with Crippen LogP contribution in [0.15, 0.2) is 42.5 Å². The fraction of sp³-hybridized carbons (Fsp3) is 0.263. The van der Waals surface area contributed by atoms with E-state index in [0.717, 1.165) is 30.3 Å². The van der Waals surface area contributed by atoms with Gasteiger partial charge in [0.15, 0.2) is 0 Å². The van der Waals surface area contributed by atoms with Gasteiger partial charge in [-0.2, -0.15) is 0 Å². The Hall–Kier alpha value is -2.53. The number of imidazole rings is 1. The highest BCUT2D eigenvalue weighted by atomic mass is 35.5. The molecule has 1 heterocycles. The Bertz CT molecular complexity index is 843. The molecule has 0 aliphatic heterocycles. The number of benzene rings is 2. The lowest BCUT2D eigenvalue weighted by Crippen LogP contribution is -2.15. The number of hydrogen-bond acceptors (Lipinski definition) is 3. The summed E-state index contributed by atoms with van der Waals surface area (Å²) in [6.45, 7) is 2.70. The van der Waals surface area contributed by atoms with E-state index < -0.39 is 0 Å². The van der Waals surface area contributed by atoms with E-state index >= 15 is 0 Å².